The van der Waals surface area contributed by atoms with Crippen LogP contribution in [0.1, 0.15) is 11.1 Å². The summed E-state index contributed by atoms with van der Waals surface area (Å²) < 4.78 is 0. The van der Waals surface area contributed by atoms with Gasteiger partial charge in [-0.3, -0.25) is 10.1 Å². The van der Waals surface area contributed by atoms with Gasteiger partial charge in [-0.25, -0.2) is 0 Å². The van der Waals surface area contributed by atoms with Crippen LogP contribution in [0.15, 0.2) is 48.5 Å². The summed E-state index contributed by atoms with van der Waals surface area (Å²) in [6.07, 6.45) is 0. The third kappa shape index (κ3) is 5.29. The zero-order valence-corrected chi connectivity index (χ0v) is 14.5. The number of hydrogen-bond acceptors (Lipinski definition) is 4. The second-order valence-corrected chi connectivity index (χ2v) is 6.03. The van der Waals surface area contributed by atoms with Crippen LogP contribution in [0.4, 0.5) is 11.4 Å². The number of rotatable bonds is 6. The van der Waals surface area contributed by atoms with E-state index in [0.717, 1.165) is 6.54 Å². The molecule has 0 fully saturated rings. The second kappa shape index (κ2) is 8.37. The number of hydrogen-bond donors (Lipinski definition) is 2. The summed E-state index contributed by atoms with van der Waals surface area (Å²) in [6.45, 7) is 1.48. The van der Waals surface area contributed by atoms with Gasteiger partial charge in [-0.05, 0) is 49.6 Å². The normalized spacial score (nSPS) is 10.5. The van der Waals surface area contributed by atoms with Gasteiger partial charge in [0, 0.05) is 30.9 Å². The van der Waals surface area contributed by atoms with E-state index in [1.807, 2.05) is 26.2 Å². The molecular weight excluding hydrogens is 324 g/mol. The van der Waals surface area contributed by atoms with Crippen molar-refractivity contribution in [3.8, 4) is 0 Å². The van der Waals surface area contributed by atoms with Gasteiger partial charge in [0.05, 0.1) is 4.92 Å². The van der Waals surface area contributed by atoms with E-state index in [1.54, 1.807) is 12.1 Å². The fourth-order valence-corrected chi connectivity index (χ4v) is 2.43. The molecular formula is C17H20N4O2S. The average Bonchev–Trinajstić information content (AvgIpc) is 2.54. The van der Waals surface area contributed by atoms with Crippen molar-refractivity contribution in [1.82, 2.24) is 10.2 Å². The van der Waals surface area contributed by atoms with Crippen LogP contribution in [0.25, 0.3) is 0 Å². The minimum Gasteiger partial charge on any atom is -0.358 e. The molecule has 0 saturated heterocycles. The van der Waals surface area contributed by atoms with E-state index < -0.39 is 4.92 Å². The highest BCUT2D eigenvalue weighted by Gasteiger charge is 2.06. The lowest BCUT2D eigenvalue weighted by atomic mass is 10.1. The van der Waals surface area contributed by atoms with Gasteiger partial charge in [-0.15, -0.1) is 0 Å². The first-order chi connectivity index (χ1) is 11.5. The summed E-state index contributed by atoms with van der Waals surface area (Å²) in [7, 11) is 4.07. The highest BCUT2D eigenvalue weighted by Crippen LogP contribution is 2.15. The number of non-ortho nitro benzene ring substituents is 1. The van der Waals surface area contributed by atoms with Crippen molar-refractivity contribution in [2.75, 3.05) is 19.4 Å². The summed E-state index contributed by atoms with van der Waals surface area (Å²) in [6, 6.07) is 14.3. The molecule has 7 heteroatoms. The minimum atomic E-state index is -0.429. The highest BCUT2D eigenvalue weighted by atomic mass is 32.1. The van der Waals surface area contributed by atoms with Crippen molar-refractivity contribution in [1.29, 1.82) is 0 Å². The van der Waals surface area contributed by atoms with Crippen molar-refractivity contribution in [2.45, 2.75) is 13.1 Å². The summed E-state index contributed by atoms with van der Waals surface area (Å²) in [4.78, 5) is 12.3. The molecule has 0 aliphatic heterocycles. The number of thiocarbonyl (C=S) groups is 1. The van der Waals surface area contributed by atoms with E-state index in [0.29, 0.717) is 17.3 Å². The van der Waals surface area contributed by atoms with Crippen molar-refractivity contribution in [3.05, 3.63) is 69.8 Å². The standard InChI is InChI=1S/C17H20N4O2S/c1-20(2)12-14-6-4-3-5-13(14)11-18-17(24)19-15-7-9-16(10-8-15)21(22)23/h3-10H,11-12H2,1-2H3,(H2,18,19,24). The first-order valence-electron chi connectivity index (χ1n) is 7.46. The maximum absolute atomic E-state index is 10.6. The number of anilines is 1. The van der Waals surface area contributed by atoms with Crippen molar-refractivity contribution < 1.29 is 4.92 Å². The molecule has 0 heterocycles. The Morgan fingerprint density at radius 3 is 2.33 bits per heavy atom. The van der Waals surface area contributed by atoms with E-state index in [9.17, 15) is 10.1 Å². The molecule has 24 heavy (non-hydrogen) atoms. The molecule has 0 aromatic heterocycles. The Morgan fingerprint density at radius 1 is 1.12 bits per heavy atom. The summed E-state index contributed by atoms with van der Waals surface area (Å²) in [5.74, 6) is 0. The van der Waals surface area contributed by atoms with Gasteiger partial charge in [0.15, 0.2) is 5.11 Å². The number of nitrogens with zero attached hydrogens (tertiary/aromatic N) is 2. The fraction of sp³-hybridized carbons (Fsp3) is 0.235. The van der Waals surface area contributed by atoms with E-state index in [2.05, 4.69) is 27.7 Å². The molecule has 2 rings (SSSR count). The SMILES string of the molecule is CN(C)Cc1ccccc1CNC(=S)Nc1ccc([N+](=O)[O-])cc1. The van der Waals surface area contributed by atoms with Crippen LogP contribution >= 0.6 is 12.2 Å². The molecule has 2 aromatic carbocycles. The Labute approximate surface area is 146 Å². The number of nitrogens with one attached hydrogen (secondary N) is 2. The van der Waals surface area contributed by atoms with Crippen LogP contribution < -0.4 is 10.6 Å². The van der Waals surface area contributed by atoms with Crippen LogP contribution in [0.2, 0.25) is 0 Å². The number of nitro groups is 1. The Kier molecular flexibility index (Phi) is 6.22. The molecule has 6 nitrogen and oxygen atoms in total. The van der Waals surface area contributed by atoms with Gasteiger partial charge in [-0.1, -0.05) is 24.3 Å². The molecule has 0 atom stereocenters. The molecule has 0 amide bonds. The summed E-state index contributed by atoms with van der Waals surface area (Å²) in [5, 5.41) is 17.3. The van der Waals surface area contributed by atoms with Gasteiger partial charge in [-0.2, -0.15) is 0 Å². The van der Waals surface area contributed by atoms with E-state index in [1.165, 1.54) is 23.3 Å². The predicted octanol–water partition coefficient (Wildman–Crippen LogP) is 3.14. The van der Waals surface area contributed by atoms with Crippen molar-refractivity contribution >= 4 is 28.7 Å². The first kappa shape index (κ1) is 17.8. The summed E-state index contributed by atoms with van der Waals surface area (Å²) in [5.41, 5.74) is 3.18. The molecule has 0 aliphatic rings. The van der Waals surface area contributed by atoms with Gasteiger partial charge in [0.25, 0.3) is 5.69 Å². The first-order valence-corrected chi connectivity index (χ1v) is 7.87. The average molecular weight is 344 g/mol. The molecule has 0 unspecified atom stereocenters. The molecule has 0 radical (unpaired) electrons. The predicted molar refractivity (Wildman–Crippen MR) is 100.0 cm³/mol. The van der Waals surface area contributed by atoms with E-state index in [-0.39, 0.29) is 5.69 Å². The van der Waals surface area contributed by atoms with Crippen molar-refractivity contribution in [3.63, 3.8) is 0 Å². The smallest absolute Gasteiger partial charge is 0.269 e. The lowest BCUT2D eigenvalue weighted by molar-refractivity contribution is -0.384. The quantitative estimate of drug-likeness (QED) is 0.477. The zero-order valence-electron chi connectivity index (χ0n) is 13.7. The van der Waals surface area contributed by atoms with Gasteiger partial charge >= 0.3 is 0 Å². The van der Waals surface area contributed by atoms with Crippen LogP contribution in [0.5, 0.6) is 0 Å². The molecule has 0 spiro atoms. The molecule has 0 saturated carbocycles. The van der Waals surface area contributed by atoms with Gasteiger partial charge in [0.1, 0.15) is 0 Å². The van der Waals surface area contributed by atoms with E-state index in [4.69, 9.17) is 12.2 Å². The highest BCUT2D eigenvalue weighted by molar-refractivity contribution is 7.80. The Bertz CT molecular complexity index is 717. The monoisotopic (exact) mass is 344 g/mol. The molecule has 126 valence electrons. The molecule has 2 N–H and O–H groups in total. The lowest BCUT2D eigenvalue weighted by Gasteiger charge is -2.16. The van der Waals surface area contributed by atoms with Crippen LogP contribution in [-0.4, -0.2) is 29.0 Å². The molecule has 0 aliphatic carbocycles. The minimum absolute atomic E-state index is 0.0528. The number of nitro benzene ring substituents is 1. The molecule has 0 bridgehead atoms. The molecule has 2 aromatic rings. The summed E-state index contributed by atoms with van der Waals surface area (Å²) >= 11 is 5.28. The topological polar surface area (TPSA) is 70.4 Å². The fourth-order valence-electron chi connectivity index (χ4n) is 2.24. The van der Waals surface area contributed by atoms with E-state index >= 15 is 0 Å². The Balaban J connectivity index is 1.92. The second-order valence-electron chi connectivity index (χ2n) is 5.62. The largest absolute Gasteiger partial charge is 0.358 e. The van der Waals surface area contributed by atoms with Gasteiger partial charge < -0.3 is 15.5 Å². The van der Waals surface area contributed by atoms with Crippen LogP contribution in [0.3, 0.4) is 0 Å². The van der Waals surface area contributed by atoms with Crippen LogP contribution in [0, 0.1) is 10.1 Å². The maximum atomic E-state index is 10.6. The third-order valence-corrected chi connectivity index (χ3v) is 3.63. The zero-order chi connectivity index (χ0) is 17.5. The Hall–Kier alpha value is -2.51. The van der Waals surface area contributed by atoms with Gasteiger partial charge in [0.2, 0.25) is 0 Å². The number of benzene rings is 2. The van der Waals surface area contributed by atoms with Crippen LogP contribution in [-0.2, 0) is 13.1 Å². The maximum Gasteiger partial charge on any atom is 0.269 e. The lowest BCUT2D eigenvalue weighted by Crippen LogP contribution is -2.28. The van der Waals surface area contributed by atoms with Crippen molar-refractivity contribution in [2.24, 2.45) is 0 Å². The Morgan fingerprint density at radius 2 is 1.75 bits per heavy atom. The third-order valence-electron chi connectivity index (χ3n) is 3.38.